The Bertz CT molecular complexity index is 713. The summed E-state index contributed by atoms with van der Waals surface area (Å²) in [6.07, 6.45) is 2.38. The molecule has 0 bridgehead atoms. The van der Waals surface area contributed by atoms with Gasteiger partial charge < -0.3 is 10.1 Å². The number of nitrogens with one attached hydrogen (secondary N) is 1. The van der Waals surface area contributed by atoms with E-state index in [2.05, 4.69) is 11.9 Å². The minimum Gasteiger partial charge on any atom is -0.460 e. The van der Waals surface area contributed by atoms with Gasteiger partial charge >= 0.3 is 5.97 Å². The van der Waals surface area contributed by atoms with E-state index in [9.17, 15) is 9.59 Å². The molecular formula is C22H25NO3. The molecule has 136 valence electrons. The van der Waals surface area contributed by atoms with E-state index in [0.717, 1.165) is 17.2 Å². The van der Waals surface area contributed by atoms with Crippen LogP contribution < -0.4 is 5.32 Å². The number of hydrogen-bond donors (Lipinski definition) is 1. The summed E-state index contributed by atoms with van der Waals surface area (Å²) >= 11 is 0. The summed E-state index contributed by atoms with van der Waals surface area (Å²) < 4.78 is 5.15. The molecule has 0 aliphatic carbocycles. The molecule has 2 aromatic carbocycles. The number of ether oxygens (including phenoxy) is 1. The van der Waals surface area contributed by atoms with Gasteiger partial charge in [0.1, 0.15) is 6.61 Å². The molecule has 0 heterocycles. The second-order valence-corrected chi connectivity index (χ2v) is 6.32. The highest BCUT2D eigenvalue weighted by molar-refractivity contribution is 5.81. The number of benzene rings is 2. The minimum atomic E-state index is -0.491. The molecule has 2 atom stereocenters. The van der Waals surface area contributed by atoms with E-state index in [1.54, 1.807) is 0 Å². The van der Waals surface area contributed by atoms with Gasteiger partial charge in [-0.25, -0.2) is 4.79 Å². The summed E-state index contributed by atoms with van der Waals surface area (Å²) in [6, 6.07) is 19.4. The molecule has 4 nitrogen and oxygen atoms in total. The Morgan fingerprint density at radius 2 is 1.54 bits per heavy atom. The van der Waals surface area contributed by atoms with Crippen molar-refractivity contribution in [3.05, 3.63) is 84.4 Å². The van der Waals surface area contributed by atoms with Crippen LogP contribution in [0.4, 0.5) is 0 Å². The van der Waals surface area contributed by atoms with Crippen LogP contribution in [0.3, 0.4) is 0 Å². The van der Waals surface area contributed by atoms with Crippen LogP contribution in [0.25, 0.3) is 0 Å². The number of esters is 1. The van der Waals surface area contributed by atoms with E-state index in [0.29, 0.717) is 12.8 Å². The van der Waals surface area contributed by atoms with Crippen molar-refractivity contribution in [1.82, 2.24) is 5.32 Å². The van der Waals surface area contributed by atoms with Crippen molar-refractivity contribution < 1.29 is 14.3 Å². The molecule has 0 radical (unpaired) electrons. The van der Waals surface area contributed by atoms with Gasteiger partial charge in [-0.2, -0.15) is 0 Å². The molecular weight excluding hydrogens is 326 g/mol. The molecule has 0 spiro atoms. The van der Waals surface area contributed by atoms with Crippen LogP contribution in [0.15, 0.2) is 73.3 Å². The standard InChI is InChI=1S/C22H25NO3/c1-3-21(24)26-16-20(15-19-12-8-5-9-13-19)23-22(25)17(2)14-18-10-6-4-7-11-18/h3-13,17,20H,1,14-16H2,2H3,(H,23,25)/t17-,20+/m1/s1. The fraction of sp³-hybridized carbons (Fsp3) is 0.273. The van der Waals surface area contributed by atoms with Crippen molar-refractivity contribution in [2.45, 2.75) is 25.8 Å². The van der Waals surface area contributed by atoms with Crippen molar-refractivity contribution in [2.24, 2.45) is 5.92 Å². The van der Waals surface area contributed by atoms with E-state index >= 15 is 0 Å². The SMILES string of the molecule is C=CC(=O)OC[C@H](Cc1ccccc1)NC(=O)[C@H](C)Cc1ccccc1. The molecule has 0 aromatic heterocycles. The fourth-order valence-electron chi connectivity index (χ4n) is 2.70. The molecule has 0 unspecified atom stereocenters. The van der Waals surface area contributed by atoms with Crippen LogP contribution in [0.5, 0.6) is 0 Å². The summed E-state index contributed by atoms with van der Waals surface area (Å²) in [5.74, 6) is -0.718. The van der Waals surface area contributed by atoms with Gasteiger partial charge in [0.2, 0.25) is 5.91 Å². The lowest BCUT2D eigenvalue weighted by atomic mass is 9.99. The second kappa shape index (κ2) is 10.2. The van der Waals surface area contributed by atoms with E-state index in [1.165, 1.54) is 0 Å². The third kappa shape index (κ3) is 6.55. The third-order valence-electron chi connectivity index (χ3n) is 4.10. The Labute approximate surface area is 154 Å². The largest absolute Gasteiger partial charge is 0.460 e. The van der Waals surface area contributed by atoms with Crippen molar-refractivity contribution in [2.75, 3.05) is 6.61 Å². The molecule has 0 aliphatic heterocycles. The average molecular weight is 351 g/mol. The maximum Gasteiger partial charge on any atom is 0.330 e. The highest BCUT2D eigenvalue weighted by Gasteiger charge is 2.19. The molecule has 2 aromatic rings. The maximum atomic E-state index is 12.6. The molecule has 1 N–H and O–H groups in total. The zero-order chi connectivity index (χ0) is 18.8. The monoisotopic (exact) mass is 351 g/mol. The van der Waals surface area contributed by atoms with Crippen LogP contribution in [0, 0.1) is 5.92 Å². The Hall–Kier alpha value is -2.88. The summed E-state index contributed by atoms with van der Waals surface area (Å²) in [7, 11) is 0. The predicted octanol–water partition coefficient (Wildman–Crippen LogP) is 3.32. The van der Waals surface area contributed by atoms with Gasteiger partial charge in [-0.15, -0.1) is 0 Å². The van der Waals surface area contributed by atoms with E-state index < -0.39 is 5.97 Å². The van der Waals surface area contributed by atoms with Crippen LogP contribution in [-0.2, 0) is 27.2 Å². The van der Waals surface area contributed by atoms with Crippen LogP contribution >= 0.6 is 0 Å². The van der Waals surface area contributed by atoms with E-state index in [4.69, 9.17) is 4.74 Å². The van der Waals surface area contributed by atoms with Gasteiger partial charge in [0, 0.05) is 12.0 Å². The molecule has 1 amide bonds. The Morgan fingerprint density at radius 1 is 1.00 bits per heavy atom. The van der Waals surface area contributed by atoms with Crippen molar-refractivity contribution in [3.63, 3.8) is 0 Å². The zero-order valence-electron chi connectivity index (χ0n) is 15.1. The number of amides is 1. The smallest absolute Gasteiger partial charge is 0.330 e. The number of hydrogen-bond acceptors (Lipinski definition) is 3. The van der Waals surface area contributed by atoms with Gasteiger partial charge in [0.05, 0.1) is 6.04 Å². The molecule has 0 fully saturated rings. The van der Waals surface area contributed by atoms with Crippen molar-refractivity contribution in [3.8, 4) is 0 Å². The highest BCUT2D eigenvalue weighted by atomic mass is 16.5. The van der Waals surface area contributed by atoms with Gasteiger partial charge in [-0.05, 0) is 24.0 Å². The predicted molar refractivity (Wildman–Crippen MR) is 103 cm³/mol. The van der Waals surface area contributed by atoms with Crippen LogP contribution in [0.2, 0.25) is 0 Å². The first kappa shape index (κ1) is 19.4. The fourth-order valence-corrected chi connectivity index (χ4v) is 2.70. The number of carbonyl (C=O) groups is 2. The Morgan fingerprint density at radius 3 is 2.08 bits per heavy atom. The molecule has 0 aliphatic rings. The first-order valence-electron chi connectivity index (χ1n) is 8.76. The third-order valence-corrected chi connectivity index (χ3v) is 4.10. The molecule has 0 saturated heterocycles. The molecule has 0 saturated carbocycles. The maximum absolute atomic E-state index is 12.6. The van der Waals surface area contributed by atoms with Gasteiger partial charge in [0.25, 0.3) is 0 Å². The first-order valence-corrected chi connectivity index (χ1v) is 8.76. The van der Waals surface area contributed by atoms with Gasteiger partial charge in [-0.3, -0.25) is 4.79 Å². The second-order valence-electron chi connectivity index (χ2n) is 6.32. The molecule has 2 rings (SSSR count). The van der Waals surface area contributed by atoms with Crippen molar-refractivity contribution >= 4 is 11.9 Å². The summed E-state index contributed by atoms with van der Waals surface area (Å²) in [5.41, 5.74) is 2.19. The van der Waals surface area contributed by atoms with Crippen LogP contribution in [0.1, 0.15) is 18.1 Å². The van der Waals surface area contributed by atoms with Crippen LogP contribution in [-0.4, -0.2) is 24.5 Å². The lowest BCUT2D eigenvalue weighted by Crippen LogP contribution is -2.43. The van der Waals surface area contributed by atoms with Gasteiger partial charge in [-0.1, -0.05) is 74.2 Å². The average Bonchev–Trinajstić information content (AvgIpc) is 2.67. The quantitative estimate of drug-likeness (QED) is 0.557. The normalized spacial score (nSPS) is 12.7. The van der Waals surface area contributed by atoms with E-state index in [-0.39, 0.29) is 24.5 Å². The molecule has 4 heteroatoms. The number of carbonyl (C=O) groups excluding carboxylic acids is 2. The summed E-state index contributed by atoms with van der Waals surface area (Å²) in [5, 5.41) is 3.01. The van der Waals surface area contributed by atoms with E-state index in [1.807, 2.05) is 67.6 Å². The Balaban J connectivity index is 1.97. The first-order chi connectivity index (χ1) is 12.6. The summed E-state index contributed by atoms with van der Waals surface area (Å²) in [4.78, 5) is 24.0. The lowest BCUT2D eigenvalue weighted by molar-refractivity contribution is -0.139. The van der Waals surface area contributed by atoms with Crippen molar-refractivity contribution in [1.29, 1.82) is 0 Å². The Kier molecular flexibility index (Phi) is 7.62. The van der Waals surface area contributed by atoms with Gasteiger partial charge in [0.15, 0.2) is 0 Å². The topological polar surface area (TPSA) is 55.4 Å². The number of rotatable bonds is 9. The lowest BCUT2D eigenvalue weighted by Gasteiger charge is -2.21. The molecule has 26 heavy (non-hydrogen) atoms. The highest BCUT2D eigenvalue weighted by Crippen LogP contribution is 2.10. The zero-order valence-corrected chi connectivity index (χ0v) is 15.1. The summed E-state index contributed by atoms with van der Waals surface area (Å²) in [6.45, 7) is 5.41. The minimum absolute atomic E-state index is 0.0514.